The standard InChI is InChI=1S/C14H25NO/c1-10-4-5-14(11(2)8-10)15-7-6-13(16)9-12(15)3/h10-12,14H,4-9H2,1-3H3. The number of carbonyl (C=O) groups excluding carboxylic acids is 1. The van der Waals surface area contributed by atoms with Gasteiger partial charge in [-0.05, 0) is 38.0 Å². The fourth-order valence-electron chi connectivity index (χ4n) is 3.66. The predicted octanol–water partition coefficient (Wildman–Crippen LogP) is 2.86. The van der Waals surface area contributed by atoms with Crippen LogP contribution in [0.2, 0.25) is 0 Å². The van der Waals surface area contributed by atoms with Crippen molar-refractivity contribution < 1.29 is 4.79 Å². The second kappa shape index (κ2) is 4.87. The topological polar surface area (TPSA) is 20.3 Å². The number of hydrogen-bond acceptors (Lipinski definition) is 2. The van der Waals surface area contributed by atoms with Gasteiger partial charge in [-0.25, -0.2) is 0 Å². The summed E-state index contributed by atoms with van der Waals surface area (Å²) in [6, 6.07) is 1.21. The maximum Gasteiger partial charge on any atom is 0.135 e. The van der Waals surface area contributed by atoms with E-state index in [1.54, 1.807) is 0 Å². The first-order chi connectivity index (χ1) is 7.58. The zero-order valence-electron chi connectivity index (χ0n) is 10.9. The zero-order valence-corrected chi connectivity index (χ0v) is 10.9. The van der Waals surface area contributed by atoms with Crippen molar-refractivity contribution in [2.75, 3.05) is 6.54 Å². The summed E-state index contributed by atoms with van der Waals surface area (Å²) in [7, 11) is 0. The molecule has 1 aliphatic carbocycles. The van der Waals surface area contributed by atoms with Crippen LogP contribution in [-0.4, -0.2) is 29.3 Å². The van der Waals surface area contributed by atoms with E-state index in [-0.39, 0.29) is 0 Å². The molecule has 2 aliphatic rings. The van der Waals surface area contributed by atoms with Gasteiger partial charge in [-0.1, -0.05) is 13.8 Å². The van der Waals surface area contributed by atoms with Crippen molar-refractivity contribution >= 4 is 5.78 Å². The molecule has 0 radical (unpaired) electrons. The van der Waals surface area contributed by atoms with E-state index in [0.717, 1.165) is 37.3 Å². The number of likely N-dealkylation sites (tertiary alicyclic amines) is 1. The molecule has 1 saturated carbocycles. The summed E-state index contributed by atoms with van der Waals surface area (Å²) in [4.78, 5) is 14.0. The number of rotatable bonds is 1. The molecule has 92 valence electrons. The number of carbonyl (C=O) groups is 1. The van der Waals surface area contributed by atoms with Gasteiger partial charge in [-0.2, -0.15) is 0 Å². The Morgan fingerprint density at radius 2 is 1.94 bits per heavy atom. The van der Waals surface area contributed by atoms with Crippen molar-refractivity contribution in [2.45, 2.75) is 65.0 Å². The number of Topliss-reactive ketones (excluding diaryl/α,β-unsaturated/α-hetero) is 1. The number of nitrogens with zero attached hydrogens (tertiary/aromatic N) is 1. The normalized spacial score (nSPS) is 42.3. The molecule has 0 amide bonds. The molecule has 0 spiro atoms. The summed E-state index contributed by atoms with van der Waals surface area (Å²) in [5.74, 6) is 2.16. The van der Waals surface area contributed by atoms with Gasteiger partial charge in [-0.3, -0.25) is 9.69 Å². The Kier molecular flexibility index (Phi) is 3.68. The molecule has 4 unspecified atom stereocenters. The minimum atomic E-state index is 0.459. The summed E-state index contributed by atoms with van der Waals surface area (Å²) in [6.45, 7) is 7.99. The third kappa shape index (κ3) is 2.48. The Labute approximate surface area is 99.4 Å². The second-order valence-corrected chi connectivity index (χ2v) is 6.04. The average Bonchev–Trinajstić information content (AvgIpc) is 2.19. The van der Waals surface area contributed by atoms with Crippen LogP contribution in [0, 0.1) is 11.8 Å². The first kappa shape index (κ1) is 12.1. The fourth-order valence-corrected chi connectivity index (χ4v) is 3.66. The lowest BCUT2D eigenvalue weighted by Crippen LogP contribution is -2.51. The van der Waals surface area contributed by atoms with E-state index in [4.69, 9.17) is 0 Å². The van der Waals surface area contributed by atoms with E-state index < -0.39 is 0 Å². The van der Waals surface area contributed by atoms with E-state index >= 15 is 0 Å². The molecule has 4 atom stereocenters. The lowest BCUT2D eigenvalue weighted by Gasteiger charge is -2.45. The van der Waals surface area contributed by atoms with Gasteiger partial charge in [0.15, 0.2) is 0 Å². The lowest BCUT2D eigenvalue weighted by atomic mass is 9.78. The summed E-state index contributed by atoms with van der Waals surface area (Å²) in [5.41, 5.74) is 0. The number of hydrogen-bond donors (Lipinski definition) is 0. The molecule has 0 aromatic heterocycles. The molecule has 0 bridgehead atoms. The highest BCUT2D eigenvalue weighted by atomic mass is 16.1. The highest BCUT2D eigenvalue weighted by Gasteiger charge is 2.34. The zero-order chi connectivity index (χ0) is 11.7. The van der Waals surface area contributed by atoms with Gasteiger partial charge in [0.1, 0.15) is 5.78 Å². The van der Waals surface area contributed by atoms with Gasteiger partial charge >= 0.3 is 0 Å². The Morgan fingerprint density at radius 3 is 2.56 bits per heavy atom. The molecular formula is C14H25NO. The van der Waals surface area contributed by atoms with Crippen LogP contribution in [0.3, 0.4) is 0 Å². The lowest BCUT2D eigenvalue weighted by molar-refractivity contribution is -0.124. The van der Waals surface area contributed by atoms with Gasteiger partial charge in [0.25, 0.3) is 0 Å². The first-order valence-corrected chi connectivity index (χ1v) is 6.85. The molecule has 0 aromatic rings. The highest BCUT2D eigenvalue weighted by molar-refractivity contribution is 5.79. The minimum absolute atomic E-state index is 0.459. The van der Waals surface area contributed by atoms with Crippen LogP contribution in [0.15, 0.2) is 0 Å². The summed E-state index contributed by atoms with van der Waals surface area (Å²) in [6.07, 6.45) is 5.62. The third-order valence-corrected chi connectivity index (χ3v) is 4.55. The van der Waals surface area contributed by atoms with Crippen molar-refractivity contribution in [1.82, 2.24) is 4.90 Å². The summed E-state index contributed by atoms with van der Waals surface area (Å²) in [5, 5.41) is 0. The van der Waals surface area contributed by atoms with Crippen LogP contribution in [0.25, 0.3) is 0 Å². The molecule has 1 heterocycles. The van der Waals surface area contributed by atoms with Crippen LogP contribution < -0.4 is 0 Å². The second-order valence-electron chi connectivity index (χ2n) is 6.04. The average molecular weight is 223 g/mol. The smallest absolute Gasteiger partial charge is 0.135 e. The van der Waals surface area contributed by atoms with Crippen LogP contribution in [0.1, 0.15) is 52.9 Å². The first-order valence-electron chi connectivity index (χ1n) is 6.85. The van der Waals surface area contributed by atoms with Crippen LogP contribution in [0.4, 0.5) is 0 Å². The Morgan fingerprint density at radius 1 is 1.19 bits per heavy atom. The Hall–Kier alpha value is -0.370. The van der Waals surface area contributed by atoms with Gasteiger partial charge in [-0.15, -0.1) is 0 Å². The number of piperidine rings is 1. The summed E-state index contributed by atoms with van der Waals surface area (Å²) >= 11 is 0. The molecule has 16 heavy (non-hydrogen) atoms. The van der Waals surface area contributed by atoms with E-state index in [1.165, 1.54) is 19.3 Å². The van der Waals surface area contributed by atoms with Crippen molar-refractivity contribution in [3.8, 4) is 0 Å². The highest BCUT2D eigenvalue weighted by Crippen LogP contribution is 2.34. The van der Waals surface area contributed by atoms with Crippen molar-refractivity contribution in [3.63, 3.8) is 0 Å². The molecule has 2 heteroatoms. The largest absolute Gasteiger partial charge is 0.300 e. The van der Waals surface area contributed by atoms with Gasteiger partial charge < -0.3 is 0 Å². The van der Waals surface area contributed by atoms with Crippen molar-refractivity contribution in [1.29, 1.82) is 0 Å². The van der Waals surface area contributed by atoms with Crippen molar-refractivity contribution in [2.24, 2.45) is 11.8 Å². The number of ketones is 1. The molecule has 0 aromatic carbocycles. The van der Waals surface area contributed by atoms with E-state index in [1.807, 2.05) is 0 Å². The fraction of sp³-hybridized carbons (Fsp3) is 0.929. The monoisotopic (exact) mass is 223 g/mol. The summed E-state index contributed by atoms with van der Waals surface area (Å²) < 4.78 is 0. The van der Waals surface area contributed by atoms with Gasteiger partial charge in [0.2, 0.25) is 0 Å². The van der Waals surface area contributed by atoms with Crippen molar-refractivity contribution in [3.05, 3.63) is 0 Å². The molecule has 2 rings (SSSR count). The molecular weight excluding hydrogens is 198 g/mol. The van der Waals surface area contributed by atoms with Crippen LogP contribution in [0.5, 0.6) is 0 Å². The molecule has 2 fully saturated rings. The van der Waals surface area contributed by atoms with Gasteiger partial charge in [0.05, 0.1) is 0 Å². The van der Waals surface area contributed by atoms with E-state index in [9.17, 15) is 4.79 Å². The SMILES string of the molecule is CC1CCC(N2CCC(=O)CC2C)C(C)C1. The molecule has 1 saturated heterocycles. The molecule has 2 nitrogen and oxygen atoms in total. The quantitative estimate of drug-likeness (QED) is 0.681. The van der Waals surface area contributed by atoms with Gasteiger partial charge in [0, 0.05) is 31.5 Å². The maximum atomic E-state index is 11.4. The predicted molar refractivity (Wildman–Crippen MR) is 66.4 cm³/mol. The Bertz CT molecular complexity index is 263. The Balaban J connectivity index is 1.98. The molecule has 1 aliphatic heterocycles. The molecule has 0 N–H and O–H groups in total. The third-order valence-electron chi connectivity index (χ3n) is 4.55. The minimum Gasteiger partial charge on any atom is -0.300 e. The van der Waals surface area contributed by atoms with E-state index in [2.05, 4.69) is 25.7 Å². The van der Waals surface area contributed by atoms with Crippen LogP contribution >= 0.6 is 0 Å². The van der Waals surface area contributed by atoms with Crippen LogP contribution in [-0.2, 0) is 4.79 Å². The van der Waals surface area contributed by atoms with E-state index in [0.29, 0.717) is 11.8 Å². The maximum absolute atomic E-state index is 11.4.